The summed E-state index contributed by atoms with van der Waals surface area (Å²) in [5.74, 6) is -0.752. The Morgan fingerprint density at radius 1 is 0.958 bits per heavy atom. The van der Waals surface area contributed by atoms with Crippen LogP contribution in [0.1, 0.15) is 26.3 Å². The summed E-state index contributed by atoms with van der Waals surface area (Å²) in [6, 6.07) is 15.7. The lowest BCUT2D eigenvalue weighted by Gasteiger charge is -2.06. The van der Waals surface area contributed by atoms with Gasteiger partial charge in [-0.05, 0) is 17.7 Å². The van der Waals surface area contributed by atoms with Gasteiger partial charge in [-0.2, -0.15) is 5.10 Å². The molecule has 0 atom stereocenters. The van der Waals surface area contributed by atoms with Crippen molar-refractivity contribution in [2.24, 2.45) is 0 Å². The number of hydrogen-bond donors (Lipinski definition) is 0. The lowest BCUT2D eigenvalue weighted by atomic mass is 10.1. The Morgan fingerprint density at radius 2 is 1.71 bits per heavy atom. The third-order valence-electron chi connectivity index (χ3n) is 3.43. The lowest BCUT2D eigenvalue weighted by molar-refractivity contribution is 0.0475. The van der Waals surface area contributed by atoms with E-state index in [1.165, 1.54) is 6.33 Å². The van der Waals surface area contributed by atoms with E-state index in [0.717, 1.165) is 5.56 Å². The minimum absolute atomic E-state index is 0.230. The highest BCUT2D eigenvalue weighted by Crippen LogP contribution is 2.08. The van der Waals surface area contributed by atoms with Gasteiger partial charge in [0, 0.05) is 5.56 Å². The number of ketones is 1. The molecule has 0 aliphatic rings. The number of carbonyl (C=O) groups is 2. The van der Waals surface area contributed by atoms with Gasteiger partial charge < -0.3 is 4.74 Å². The molecule has 3 rings (SSSR count). The largest absolute Gasteiger partial charge is 0.454 e. The van der Waals surface area contributed by atoms with Crippen LogP contribution in [0.2, 0.25) is 0 Å². The quantitative estimate of drug-likeness (QED) is 0.515. The summed E-state index contributed by atoms with van der Waals surface area (Å²) < 4.78 is 6.76. The summed E-state index contributed by atoms with van der Waals surface area (Å²) in [5, 5.41) is 4.02. The topological polar surface area (TPSA) is 74.1 Å². The van der Waals surface area contributed by atoms with Crippen LogP contribution in [0.25, 0.3) is 0 Å². The van der Waals surface area contributed by atoms with Gasteiger partial charge in [-0.25, -0.2) is 14.5 Å². The molecule has 6 nitrogen and oxygen atoms in total. The van der Waals surface area contributed by atoms with Crippen LogP contribution in [0.5, 0.6) is 0 Å². The van der Waals surface area contributed by atoms with Crippen molar-refractivity contribution in [2.45, 2.75) is 6.54 Å². The van der Waals surface area contributed by atoms with E-state index in [9.17, 15) is 9.59 Å². The number of nitrogens with zero attached hydrogens (tertiary/aromatic N) is 3. The van der Waals surface area contributed by atoms with Crippen molar-refractivity contribution < 1.29 is 14.3 Å². The van der Waals surface area contributed by atoms with Gasteiger partial charge in [0.15, 0.2) is 12.4 Å². The second-order valence-corrected chi connectivity index (χ2v) is 5.16. The first-order valence-corrected chi connectivity index (χ1v) is 7.39. The van der Waals surface area contributed by atoms with Gasteiger partial charge in [-0.1, -0.05) is 42.5 Å². The maximum absolute atomic E-state index is 12.0. The van der Waals surface area contributed by atoms with Gasteiger partial charge in [0.1, 0.15) is 12.7 Å². The van der Waals surface area contributed by atoms with Gasteiger partial charge in [0.05, 0.1) is 12.1 Å². The van der Waals surface area contributed by atoms with Crippen LogP contribution in [0.4, 0.5) is 0 Å². The first kappa shape index (κ1) is 15.6. The average molecular weight is 321 g/mol. The summed E-state index contributed by atoms with van der Waals surface area (Å²) in [6.45, 7) is 0.297. The molecule has 6 heteroatoms. The Bertz CT molecular complexity index is 812. The van der Waals surface area contributed by atoms with E-state index in [-0.39, 0.29) is 12.4 Å². The van der Waals surface area contributed by atoms with Crippen molar-refractivity contribution in [3.63, 3.8) is 0 Å². The molecule has 0 spiro atoms. The monoisotopic (exact) mass is 321 g/mol. The summed E-state index contributed by atoms with van der Waals surface area (Å²) in [6.07, 6.45) is 3.09. The standard InChI is InChI=1S/C18H15N3O3/c22-17(15-4-2-1-3-5-15)11-24-18(23)16-8-6-14(7-9-16)10-21-13-19-12-20-21/h1-9,12-13H,10-11H2. The summed E-state index contributed by atoms with van der Waals surface area (Å²) in [5.41, 5.74) is 1.91. The second kappa shape index (κ2) is 7.32. The highest BCUT2D eigenvalue weighted by molar-refractivity contribution is 5.99. The molecule has 0 saturated heterocycles. The molecule has 2 aromatic carbocycles. The third-order valence-corrected chi connectivity index (χ3v) is 3.43. The molecule has 0 bridgehead atoms. The van der Waals surface area contributed by atoms with Crippen LogP contribution >= 0.6 is 0 Å². The smallest absolute Gasteiger partial charge is 0.338 e. The zero-order chi connectivity index (χ0) is 16.8. The summed E-state index contributed by atoms with van der Waals surface area (Å²) >= 11 is 0. The Kier molecular flexibility index (Phi) is 4.76. The van der Waals surface area contributed by atoms with Crippen molar-refractivity contribution in [1.29, 1.82) is 0 Å². The van der Waals surface area contributed by atoms with E-state index in [2.05, 4.69) is 10.1 Å². The molecular weight excluding hydrogens is 306 g/mol. The predicted molar refractivity (Wildman–Crippen MR) is 86.6 cm³/mol. The number of aromatic nitrogens is 3. The molecule has 0 amide bonds. The summed E-state index contributed by atoms with van der Waals surface area (Å²) in [4.78, 5) is 27.8. The first-order chi connectivity index (χ1) is 11.7. The molecule has 120 valence electrons. The molecule has 0 unspecified atom stereocenters. The predicted octanol–water partition coefficient (Wildman–Crippen LogP) is 2.37. The number of ether oxygens (including phenoxy) is 1. The SMILES string of the molecule is O=C(COC(=O)c1ccc(Cn2cncn2)cc1)c1ccccc1. The molecule has 3 aromatic rings. The molecule has 1 heterocycles. The van der Waals surface area contributed by atoms with Crippen LogP contribution in [0.15, 0.2) is 67.3 Å². The van der Waals surface area contributed by atoms with Crippen molar-refractivity contribution >= 4 is 11.8 Å². The highest BCUT2D eigenvalue weighted by atomic mass is 16.5. The van der Waals surface area contributed by atoms with E-state index in [4.69, 9.17) is 4.74 Å². The van der Waals surface area contributed by atoms with Crippen LogP contribution in [-0.2, 0) is 11.3 Å². The number of carbonyl (C=O) groups excluding carboxylic acids is 2. The minimum Gasteiger partial charge on any atom is -0.454 e. The van der Waals surface area contributed by atoms with Crippen LogP contribution in [0.3, 0.4) is 0 Å². The average Bonchev–Trinajstić information content (AvgIpc) is 3.14. The van der Waals surface area contributed by atoms with Crippen molar-refractivity contribution in [2.75, 3.05) is 6.61 Å². The lowest BCUT2D eigenvalue weighted by Crippen LogP contribution is -2.14. The third kappa shape index (κ3) is 3.92. The first-order valence-electron chi connectivity index (χ1n) is 7.39. The fourth-order valence-corrected chi connectivity index (χ4v) is 2.17. The second-order valence-electron chi connectivity index (χ2n) is 5.16. The number of rotatable bonds is 6. The zero-order valence-corrected chi connectivity index (χ0v) is 12.8. The van der Waals surface area contributed by atoms with E-state index in [1.54, 1.807) is 47.4 Å². The van der Waals surface area contributed by atoms with E-state index in [0.29, 0.717) is 17.7 Å². The fourth-order valence-electron chi connectivity index (χ4n) is 2.17. The molecule has 0 saturated carbocycles. The molecule has 0 aliphatic heterocycles. The maximum atomic E-state index is 12.0. The van der Waals surface area contributed by atoms with Gasteiger partial charge in [0.25, 0.3) is 0 Å². The Labute approximate surface area is 138 Å². The van der Waals surface area contributed by atoms with Gasteiger partial charge in [-0.15, -0.1) is 0 Å². The maximum Gasteiger partial charge on any atom is 0.338 e. The van der Waals surface area contributed by atoms with Crippen LogP contribution in [-0.4, -0.2) is 33.1 Å². The minimum atomic E-state index is -0.522. The summed E-state index contributed by atoms with van der Waals surface area (Å²) in [7, 11) is 0. The molecule has 0 N–H and O–H groups in total. The molecular formula is C18H15N3O3. The Hall–Kier alpha value is -3.28. The highest BCUT2D eigenvalue weighted by Gasteiger charge is 2.11. The molecule has 0 radical (unpaired) electrons. The molecule has 0 fully saturated rings. The van der Waals surface area contributed by atoms with Gasteiger partial charge in [0.2, 0.25) is 0 Å². The number of hydrogen-bond acceptors (Lipinski definition) is 5. The molecule has 24 heavy (non-hydrogen) atoms. The van der Waals surface area contributed by atoms with Gasteiger partial charge in [-0.3, -0.25) is 4.79 Å². The molecule has 0 aliphatic carbocycles. The van der Waals surface area contributed by atoms with Crippen LogP contribution < -0.4 is 0 Å². The van der Waals surface area contributed by atoms with Crippen LogP contribution in [0, 0.1) is 0 Å². The van der Waals surface area contributed by atoms with Crippen molar-refractivity contribution in [3.05, 3.63) is 83.9 Å². The Balaban J connectivity index is 1.56. The normalized spacial score (nSPS) is 10.3. The van der Waals surface area contributed by atoms with Crippen molar-refractivity contribution in [1.82, 2.24) is 14.8 Å². The van der Waals surface area contributed by atoms with E-state index < -0.39 is 5.97 Å². The Morgan fingerprint density at radius 3 is 2.38 bits per heavy atom. The number of Topliss-reactive ketones (excluding diaryl/α,β-unsaturated/α-hetero) is 1. The van der Waals surface area contributed by atoms with E-state index >= 15 is 0 Å². The zero-order valence-electron chi connectivity index (χ0n) is 12.8. The molecule has 1 aromatic heterocycles. The fraction of sp³-hybridized carbons (Fsp3) is 0.111. The number of esters is 1. The van der Waals surface area contributed by atoms with Crippen molar-refractivity contribution in [3.8, 4) is 0 Å². The van der Waals surface area contributed by atoms with Gasteiger partial charge >= 0.3 is 5.97 Å². The van der Waals surface area contributed by atoms with E-state index in [1.807, 2.05) is 18.2 Å². The number of benzene rings is 2.